The average molecular weight is 263 g/mol. The summed E-state index contributed by atoms with van der Waals surface area (Å²) in [5.41, 5.74) is 1.14. The summed E-state index contributed by atoms with van der Waals surface area (Å²) >= 11 is 0. The number of rotatable bonds is 6. The van der Waals surface area contributed by atoms with Crippen molar-refractivity contribution in [3.05, 3.63) is 18.0 Å². The van der Waals surface area contributed by atoms with Gasteiger partial charge < -0.3 is 15.4 Å². The van der Waals surface area contributed by atoms with Crippen LogP contribution in [0.3, 0.4) is 0 Å². The summed E-state index contributed by atoms with van der Waals surface area (Å²) in [6, 6.07) is 0.275. The fraction of sp³-hybridized carbons (Fsp3) is 0.455. The smallest absolute Gasteiger partial charge is 0.322 e. The Kier molecular flexibility index (Phi) is 4.11. The lowest BCUT2D eigenvalue weighted by Gasteiger charge is -2.07. The Labute approximate surface area is 111 Å². The van der Waals surface area contributed by atoms with E-state index >= 15 is 0 Å². The molecule has 2 rings (SSSR count). The maximum atomic E-state index is 5.01. The number of aryl methyl sites for hydroxylation is 1. The molecule has 0 radical (unpaired) electrons. The van der Waals surface area contributed by atoms with Crippen LogP contribution in [0.5, 0.6) is 6.01 Å². The topological polar surface area (TPSA) is 89.8 Å². The van der Waals surface area contributed by atoms with Crippen LogP contribution in [0.15, 0.2) is 12.4 Å². The highest BCUT2D eigenvalue weighted by Gasteiger charge is 2.05. The van der Waals surface area contributed by atoms with Gasteiger partial charge in [-0.15, -0.1) is 0 Å². The average Bonchev–Trinajstić information content (AvgIpc) is 2.84. The standard InChI is InChI=1S/C11H17N7O/c1-8-6-14-18(7-8)5-4-13-10-15-9(12-2)16-11(17-10)19-3/h6-7H,4-5H2,1-3H3,(H2,12,13,15,16,17). The molecule has 2 aromatic rings. The van der Waals surface area contributed by atoms with E-state index in [4.69, 9.17) is 4.74 Å². The molecule has 8 heteroatoms. The van der Waals surface area contributed by atoms with Crippen molar-refractivity contribution in [1.82, 2.24) is 24.7 Å². The summed E-state index contributed by atoms with van der Waals surface area (Å²) in [6.07, 6.45) is 3.81. The van der Waals surface area contributed by atoms with Crippen LogP contribution in [0.25, 0.3) is 0 Å². The molecule has 0 atom stereocenters. The number of hydrogen-bond acceptors (Lipinski definition) is 7. The van der Waals surface area contributed by atoms with Crippen molar-refractivity contribution in [2.24, 2.45) is 0 Å². The summed E-state index contributed by atoms with van der Waals surface area (Å²) < 4.78 is 6.87. The minimum atomic E-state index is 0.275. The van der Waals surface area contributed by atoms with Crippen molar-refractivity contribution in [3.63, 3.8) is 0 Å². The molecule has 0 amide bonds. The SMILES string of the molecule is CNc1nc(NCCn2cc(C)cn2)nc(OC)n1. The molecule has 0 saturated carbocycles. The second-order valence-corrected chi connectivity index (χ2v) is 3.93. The Balaban J connectivity index is 1.95. The Hall–Kier alpha value is -2.38. The first-order valence-electron chi connectivity index (χ1n) is 5.92. The van der Waals surface area contributed by atoms with E-state index in [0.717, 1.165) is 12.1 Å². The Morgan fingerprint density at radius 3 is 2.68 bits per heavy atom. The molecular formula is C11H17N7O. The number of aromatic nitrogens is 5. The zero-order valence-electron chi connectivity index (χ0n) is 11.2. The lowest BCUT2D eigenvalue weighted by Crippen LogP contribution is -2.14. The molecule has 0 fully saturated rings. The Morgan fingerprint density at radius 1 is 1.26 bits per heavy atom. The van der Waals surface area contributed by atoms with E-state index in [1.54, 1.807) is 7.05 Å². The number of ether oxygens (including phenoxy) is 1. The molecule has 0 bridgehead atoms. The van der Waals surface area contributed by atoms with Crippen LogP contribution in [-0.4, -0.2) is 45.4 Å². The van der Waals surface area contributed by atoms with Crippen LogP contribution in [0.4, 0.5) is 11.9 Å². The van der Waals surface area contributed by atoms with Gasteiger partial charge in [0.2, 0.25) is 11.9 Å². The predicted molar refractivity (Wildman–Crippen MR) is 71.4 cm³/mol. The van der Waals surface area contributed by atoms with E-state index in [2.05, 4.69) is 30.7 Å². The van der Waals surface area contributed by atoms with Crippen LogP contribution in [0.1, 0.15) is 5.56 Å². The van der Waals surface area contributed by atoms with Gasteiger partial charge in [0.1, 0.15) is 0 Å². The molecule has 0 saturated heterocycles. The zero-order chi connectivity index (χ0) is 13.7. The molecule has 19 heavy (non-hydrogen) atoms. The zero-order valence-corrected chi connectivity index (χ0v) is 11.2. The number of anilines is 2. The summed E-state index contributed by atoms with van der Waals surface area (Å²) in [4.78, 5) is 12.3. The summed E-state index contributed by atoms with van der Waals surface area (Å²) in [5.74, 6) is 0.935. The van der Waals surface area contributed by atoms with Gasteiger partial charge in [0.05, 0.1) is 19.9 Å². The largest absolute Gasteiger partial charge is 0.467 e. The third kappa shape index (κ3) is 3.54. The van der Waals surface area contributed by atoms with Gasteiger partial charge in [0.25, 0.3) is 0 Å². The van der Waals surface area contributed by atoms with Crippen LogP contribution in [-0.2, 0) is 6.54 Å². The second-order valence-electron chi connectivity index (χ2n) is 3.93. The summed E-state index contributed by atoms with van der Waals surface area (Å²) in [6.45, 7) is 3.40. The second kappa shape index (κ2) is 5.98. The van der Waals surface area contributed by atoms with Crippen molar-refractivity contribution in [2.45, 2.75) is 13.5 Å². The first-order chi connectivity index (χ1) is 9.21. The van der Waals surface area contributed by atoms with E-state index < -0.39 is 0 Å². The van der Waals surface area contributed by atoms with Crippen LogP contribution >= 0.6 is 0 Å². The highest BCUT2D eigenvalue weighted by molar-refractivity contribution is 5.35. The van der Waals surface area contributed by atoms with Gasteiger partial charge in [0, 0.05) is 19.8 Å². The third-order valence-electron chi connectivity index (χ3n) is 2.41. The number of nitrogens with zero attached hydrogens (tertiary/aromatic N) is 5. The number of hydrogen-bond donors (Lipinski definition) is 2. The first-order valence-corrected chi connectivity index (χ1v) is 5.92. The molecule has 0 aliphatic rings. The first kappa shape index (κ1) is 13.1. The molecule has 0 unspecified atom stereocenters. The van der Waals surface area contributed by atoms with E-state index in [-0.39, 0.29) is 6.01 Å². The molecule has 0 spiro atoms. The van der Waals surface area contributed by atoms with Crippen molar-refractivity contribution < 1.29 is 4.74 Å². The summed E-state index contributed by atoms with van der Waals surface area (Å²) in [5, 5.41) is 10.2. The minimum Gasteiger partial charge on any atom is -0.467 e. The van der Waals surface area contributed by atoms with Gasteiger partial charge in [-0.3, -0.25) is 4.68 Å². The number of nitrogens with one attached hydrogen (secondary N) is 2. The van der Waals surface area contributed by atoms with Crippen LogP contribution in [0.2, 0.25) is 0 Å². The van der Waals surface area contributed by atoms with Gasteiger partial charge in [-0.05, 0) is 12.5 Å². The molecule has 2 heterocycles. The molecular weight excluding hydrogens is 246 g/mol. The van der Waals surface area contributed by atoms with Gasteiger partial charge in [-0.1, -0.05) is 0 Å². The van der Waals surface area contributed by atoms with Crippen molar-refractivity contribution >= 4 is 11.9 Å². The lowest BCUT2D eigenvalue weighted by atomic mass is 10.4. The molecule has 0 aliphatic heterocycles. The highest BCUT2D eigenvalue weighted by atomic mass is 16.5. The maximum Gasteiger partial charge on any atom is 0.322 e. The molecule has 2 aromatic heterocycles. The van der Waals surface area contributed by atoms with Crippen molar-refractivity contribution in [3.8, 4) is 6.01 Å². The van der Waals surface area contributed by atoms with Crippen molar-refractivity contribution in [1.29, 1.82) is 0 Å². The van der Waals surface area contributed by atoms with Gasteiger partial charge in [-0.2, -0.15) is 20.1 Å². The van der Waals surface area contributed by atoms with Gasteiger partial charge >= 0.3 is 6.01 Å². The quantitative estimate of drug-likeness (QED) is 0.786. The van der Waals surface area contributed by atoms with Gasteiger partial charge in [-0.25, -0.2) is 0 Å². The van der Waals surface area contributed by atoms with E-state index in [1.807, 2.05) is 24.0 Å². The number of methoxy groups -OCH3 is 1. The van der Waals surface area contributed by atoms with E-state index in [9.17, 15) is 0 Å². The highest BCUT2D eigenvalue weighted by Crippen LogP contribution is 2.09. The van der Waals surface area contributed by atoms with Crippen LogP contribution < -0.4 is 15.4 Å². The van der Waals surface area contributed by atoms with E-state index in [1.165, 1.54) is 7.11 Å². The predicted octanol–water partition coefficient (Wildman–Crippen LogP) is 0.539. The van der Waals surface area contributed by atoms with Crippen LogP contribution in [0, 0.1) is 6.92 Å². The molecule has 102 valence electrons. The fourth-order valence-electron chi connectivity index (χ4n) is 1.51. The van der Waals surface area contributed by atoms with Gasteiger partial charge in [0.15, 0.2) is 0 Å². The summed E-state index contributed by atoms with van der Waals surface area (Å²) in [7, 11) is 3.26. The Morgan fingerprint density at radius 2 is 2.05 bits per heavy atom. The minimum absolute atomic E-state index is 0.275. The normalized spacial score (nSPS) is 10.3. The lowest BCUT2D eigenvalue weighted by molar-refractivity contribution is 0.379. The van der Waals surface area contributed by atoms with E-state index in [0.29, 0.717) is 18.4 Å². The Bertz CT molecular complexity index is 517. The molecule has 8 nitrogen and oxygen atoms in total. The molecule has 0 aliphatic carbocycles. The maximum absolute atomic E-state index is 5.01. The molecule has 0 aromatic carbocycles. The fourth-order valence-corrected chi connectivity index (χ4v) is 1.51. The molecule has 2 N–H and O–H groups in total. The third-order valence-corrected chi connectivity index (χ3v) is 2.41. The monoisotopic (exact) mass is 263 g/mol. The van der Waals surface area contributed by atoms with Crippen molar-refractivity contribution in [2.75, 3.05) is 31.3 Å².